The molecule has 0 amide bonds. The van der Waals surface area contributed by atoms with Crippen LogP contribution >= 0.6 is 0 Å². The Kier molecular flexibility index (Phi) is 1.88. The van der Waals surface area contributed by atoms with Gasteiger partial charge in [0.15, 0.2) is 5.82 Å². The van der Waals surface area contributed by atoms with Crippen molar-refractivity contribution in [3.63, 3.8) is 0 Å². The monoisotopic (exact) mass is 219 g/mol. The van der Waals surface area contributed by atoms with E-state index in [9.17, 15) is 0 Å². The van der Waals surface area contributed by atoms with Crippen LogP contribution in [0, 0.1) is 0 Å². The molecule has 3 rings (SSSR count). The maximum Gasteiger partial charge on any atom is 0.176 e. The Hall–Kier alpha value is -1.69. The van der Waals surface area contributed by atoms with Gasteiger partial charge in [-0.15, -0.1) is 5.10 Å². The molecular weight excluding hydrogens is 206 g/mol. The molecule has 0 unspecified atom stereocenters. The summed E-state index contributed by atoms with van der Waals surface area (Å²) in [5, 5.41) is 12.5. The molecule has 6 heteroatoms. The second-order valence-electron chi connectivity index (χ2n) is 4.45. The third-order valence-corrected chi connectivity index (χ3v) is 2.89. The van der Waals surface area contributed by atoms with E-state index in [-0.39, 0.29) is 5.41 Å². The summed E-state index contributed by atoms with van der Waals surface area (Å²) in [6.07, 6.45) is 3.80. The number of hydrogen-bond donors (Lipinski definition) is 0. The van der Waals surface area contributed by atoms with Crippen LogP contribution in [0.15, 0.2) is 18.5 Å². The van der Waals surface area contributed by atoms with Crippen molar-refractivity contribution in [1.29, 1.82) is 0 Å². The van der Waals surface area contributed by atoms with Crippen molar-refractivity contribution in [3.8, 4) is 5.82 Å². The van der Waals surface area contributed by atoms with Gasteiger partial charge in [0.2, 0.25) is 0 Å². The number of aromatic nitrogens is 5. The smallest absolute Gasteiger partial charge is 0.176 e. The van der Waals surface area contributed by atoms with Crippen LogP contribution in [0.25, 0.3) is 5.82 Å². The van der Waals surface area contributed by atoms with Crippen molar-refractivity contribution in [2.45, 2.75) is 12.3 Å². The summed E-state index contributed by atoms with van der Waals surface area (Å²) in [7, 11) is 1.88. The Morgan fingerprint density at radius 2 is 2.25 bits per heavy atom. The lowest BCUT2D eigenvalue weighted by atomic mass is 9.85. The molecule has 1 fully saturated rings. The van der Waals surface area contributed by atoms with Crippen LogP contribution in [0.5, 0.6) is 0 Å². The van der Waals surface area contributed by atoms with Crippen LogP contribution < -0.4 is 0 Å². The minimum atomic E-state index is 0.0209. The molecule has 0 N–H and O–H groups in total. The van der Waals surface area contributed by atoms with Gasteiger partial charge in [-0.1, -0.05) is 5.21 Å². The standard InChI is InChI=1S/C10H13N5O/c1-10(6-16-7-10)8-5-15(13-11-8)9-3-4-14(2)12-9/h3-5H,6-7H2,1-2H3. The summed E-state index contributed by atoms with van der Waals surface area (Å²) in [5.74, 6) is 0.782. The van der Waals surface area contributed by atoms with Gasteiger partial charge in [-0.2, -0.15) is 5.10 Å². The highest BCUT2D eigenvalue weighted by Crippen LogP contribution is 2.29. The van der Waals surface area contributed by atoms with Crippen molar-refractivity contribution in [2.24, 2.45) is 7.05 Å². The number of rotatable bonds is 2. The molecule has 16 heavy (non-hydrogen) atoms. The van der Waals surface area contributed by atoms with E-state index in [2.05, 4.69) is 22.3 Å². The molecular formula is C10H13N5O. The van der Waals surface area contributed by atoms with Gasteiger partial charge in [-0.3, -0.25) is 4.68 Å². The number of aryl methyl sites for hydroxylation is 1. The fraction of sp³-hybridized carbons (Fsp3) is 0.500. The lowest BCUT2D eigenvalue weighted by molar-refractivity contribution is -0.0521. The molecule has 0 spiro atoms. The zero-order valence-electron chi connectivity index (χ0n) is 9.29. The van der Waals surface area contributed by atoms with Gasteiger partial charge in [0.25, 0.3) is 0 Å². The molecule has 1 aliphatic rings. The first-order valence-corrected chi connectivity index (χ1v) is 5.18. The van der Waals surface area contributed by atoms with E-state index >= 15 is 0 Å². The fourth-order valence-corrected chi connectivity index (χ4v) is 1.73. The van der Waals surface area contributed by atoms with E-state index in [0.717, 1.165) is 11.5 Å². The van der Waals surface area contributed by atoms with E-state index in [0.29, 0.717) is 13.2 Å². The second kappa shape index (κ2) is 3.15. The summed E-state index contributed by atoms with van der Waals surface area (Å²) >= 11 is 0. The molecule has 0 radical (unpaired) electrons. The van der Waals surface area contributed by atoms with E-state index in [4.69, 9.17) is 4.74 Å². The molecule has 3 heterocycles. The van der Waals surface area contributed by atoms with Gasteiger partial charge in [-0.05, 0) is 6.92 Å². The zero-order valence-corrected chi connectivity index (χ0v) is 9.29. The minimum absolute atomic E-state index is 0.0209. The van der Waals surface area contributed by atoms with Crippen LogP contribution in [0.2, 0.25) is 0 Å². The summed E-state index contributed by atoms with van der Waals surface area (Å²) in [6.45, 7) is 3.56. The first-order chi connectivity index (χ1) is 7.67. The average Bonchev–Trinajstić information content (AvgIpc) is 2.82. The molecule has 2 aromatic rings. The summed E-state index contributed by atoms with van der Waals surface area (Å²) in [4.78, 5) is 0. The quantitative estimate of drug-likeness (QED) is 0.728. The van der Waals surface area contributed by atoms with Crippen LogP contribution in [0.1, 0.15) is 12.6 Å². The van der Waals surface area contributed by atoms with E-state index in [1.165, 1.54) is 0 Å². The molecule has 0 atom stereocenters. The Morgan fingerprint density at radius 1 is 1.44 bits per heavy atom. The normalized spacial score (nSPS) is 18.4. The van der Waals surface area contributed by atoms with Gasteiger partial charge in [-0.25, -0.2) is 4.68 Å². The minimum Gasteiger partial charge on any atom is -0.379 e. The van der Waals surface area contributed by atoms with E-state index in [1.807, 2.05) is 25.5 Å². The van der Waals surface area contributed by atoms with Crippen LogP contribution in [0.4, 0.5) is 0 Å². The van der Waals surface area contributed by atoms with Gasteiger partial charge < -0.3 is 4.74 Å². The maximum absolute atomic E-state index is 5.21. The van der Waals surface area contributed by atoms with Gasteiger partial charge in [0, 0.05) is 19.3 Å². The lowest BCUT2D eigenvalue weighted by Gasteiger charge is -2.35. The molecule has 1 saturated heterocycles. The van der Waals surface area contributed by atoms with Crippen LogP contribution in [-0.4, -0.2) is 38.0 Å². The van der Waals surface area contributed by atoms with Crippen LogP contribution in [-0.2, 0) is 17.2 Å². The summed E-state index contributed by atoms with van der Waals surface area (Å²) in [6, 6.07) is 1.90. The van der Waals surface area contributed by atoms with Crippen LogP contribution in [0.3, 0.4) is 0 Å². The first-order valence-electron chi connectivity index (χ1n) is 5.18. The highest BCUT2D eigenvalue weighted by atomic mass is 16.5. The molecule has 2 aromatic heterocycles. The molecule has 0 aliphatic carbocycles. The highest BCUT2D eigenvalue weighted by molar-refractivity contribution is 5.22. The third-order valence-electron chi connectivity index (χ3n) is 2.89. The van der Waals surface area contributed by atoms with Crippen molar-refractivity contribution < 1.29 is 4.74 Å². The topological polar surface area (TPSA) is 57.8 Å². The SMILES string of the molecule is Cn1ccc(-n2cc(C3(C)COC3)nn2)n1. The molecule has 0 saturated carbocycles. The second-order valence-corrected chi connectivity index (χ2v) is 4.45. The van der Waals surface area contributed by atoms with Crippen molar-refractivity contribution in [1.82, 2.24) is 24.8 Å². The third kappa shape index (κ3) is 1.34. The molecule has 6 nitrogen and oxygen atoms in total. The molecule has 84 valence electrons. The molecule has 0 bridgehead atoms. The van der Waals surface area contributed by atoms with E-state index in [1.54, 1.807) is 9.36 Å². The van der Waals surface area contributed by atoms with Crippen molar-refractivity contribution >= 4 is 0 Å². The predicted octanol–water partition coefficient (Wildman–Crippen LogP) is 0.289. The Bertz CT molecular complexity index is 511. The Morgan fingerprint density at radius 3 is 2.81 bits per heavy atom. The van der Waals surface area contributed by atoms with Gasteiger partial charge in [0.1, 0.15) is 0 Å². The van der Waals surface area contributed by atoms with E-state index < -0.39 is 0 Å². The highest BCUT2D eigenvalue weighted by Gasteiger charge is 2.38. The summed E-state index contributed by atoms with van der Waals surface area (Å²) < 4.78 is 8.65. The fourth-order valence-electron chi connectivity index (χ4n) is 1.73. The molecule has 0 aromatic carbocycles. The zero-order chi connectivity index (χ0) is 11.2. The largest absolute Gasteiger partial charge is 0.379 e. The number of nitrogens with zero attached hydrogens (tertiary/aromatic N) is 5. The first kappa shape index (κ1) is 9.53. The van der Waals surface area contributed by atoms with Gasteiger partial charge in [0.05, 0.1) is 30.5 Å². The predicted molar refractivity (Wildman–Crippen MR) is 56.3 cm³/mol. The molecule has 1 aliphatic heterocycles. The maximum atomic E-state index is 5.21. The lowest BCUT2D eigenvalue weighted by Crippen LogP contribution is -2.44. The summed E-state index contributed by atoms with van der Waals surface area (Å²) in [5.41, 5.74) is 0.983. The van der Waals surface area contributed by atoms with Gasteiger partial charge >= 0.3 is 0 Å². The number of hydrogen-bond acceptors (Lipinski definition) is 4. The average molecular weight is 219 g/mol. The van der Waals surface area contributed by atoms with Crippen molar-refractivity contribution in [2.75, 3.05) is 13.2 Å². The van der Waals surface area contributed by atoms with Crippen molar-refractivity contribution in [3.05, 3.63) is 24.2 Å². The number of ether oxygens (including phenoxy) is 1. The Labute approximate surface area is 92.8 Å². The Balaban J connectivity index is 1.93.